The van der Waals surface area contributed by atoms with Crippen molar-refractivity contribution in [1.82, 2.24) is 0 Å². The van der Waals surface area contributed by atoms with Crippen molar-refractivity contribution in [2.24, 2.45) is 17.8 Å². The van der Waals surface area contributed by atoms with E-state index >= 15 is 0 Å². The molecule has 2 atom stereocenters. The van der Waals surface area contributed by atoms with Gasteiger partial charge in [-0.25, -0.2) is 0 Å². The minimum absolute atomic E-state index is 0.145. The first-order chi connectivity index (χ1) is 6.66. The van der Waals surface area contributed by atoms with Gasteiger partial charge in [0.25, 0.3) is 0 Å². The van der Waals surface area contributed by atoms with Gasteiger partial charge in [-0.1, -0.05) is 0 Å². The van der Waals surface area contributed by atoms with Crippen LogP contribution in [0.1, 0.15) is 19.3 Å². The minimum Gasteiger partial charge on any atom is -0.481 e. The molecule has 4 nitrogen and oxygen atoms in total. The number of ketones is 1. The number of aliphatic carboxylic acids is 1. The predicted octanol–water partition coefficient (Wildman–Crippen LogP) is 0.703. The third kappa shape index (κ3) is 1.80. The van der Waals surface area contributed by atoms with Crippen LogP contribution in [0.3, 0.4) is 0 Å². The summed E-state index contributed by atoms with van der Waals surface area (Å²) in [5, 5.41) is 8.76. The Morgan fingerprint density at radius 1 is 1.36 bits per heavy atom. The van der Waals surface area contributed by atoms with Crippen molar-refractivity contribution in [3.8, 4) is 0 Å². The lowest BCUT2D eigenvalue weighted by Gasteiger charge is -2.40. The number of carboxylic acid groups (broad SMARTS) is 1. The number of carboxylic acids is 1. The van der Waals surface area contributed by atoms with Gasteiger partial charge in [0.1, 0.15) is 5.78 Å². The fraction of sp³-hybridized carbons (Fsp3) is 0.800. The first-order valence-electron chi connectivity index (χ1n) is 4.98. The highest BCUT2D eigenvalue weighted by Crippen LogP contribution is 2.39. The summed E-state index contributed by atoms with van der Waals surface area (Å²) in [6.07, 6.45) is 1.20. The maximum atomic E-state index is 11.3. The lowest BCUT2D eigenvalue weighted by molar-refractivity contribution is -0.147. The number of hydrogen-bond acceptors (Lipinski definition) is 3. The van der Waals surface area contributed by atoms with Gasteiger partial charge in [-0.2, -0.15) is 0 Å². The molecule has 1 saturated carbocycles. The van der Waals surface area contributed by atoms with E-state index in [2.05, 4.69) is 0 Å². The summed E-state index contributed by atoms with van der Waals surface area (Å²) in [7, 11) is 0. The van der Waals surface area contributed by atoms with E-state index in [9.17, 15) is 9.59 Å². The molecule has 1 aliphatic heterocycles. The smallest absolute Gasteiger partial charge is 0.303 e. The van der Waals surface area contributed by atoms with E-state index in [-0.39, 0.29) is 30.0 Å². The summed E-state index contributed by atoms with van der Waals surface area (Å²) in [5.74, 6) is -0.0534. The predicted molar refractivity (Wildman–Crippen MR) is 47.8 cm³/mol. The zero-order valence-corrected chi connectivity index (χ0v) is 7.94. The molecule has 1 heterocycles. The minimum atomic E-state index is -0.763. The van der Waals surface area contributed by atoms with Crippen LogP contribution in [0.2, 0.25) is 0 Å². The Morgan fingerprint density at radius 3 is 2.43 bits per heavy atom. The zero-order chi connectivity index (χ0) is 10.1. The Kier molecular flexibility index (Phi) is 2.54. The molecule has 2 unspecified atom stereocenters. The maximum absolute atomic E-state index is 11.3. The van der Waals surface area contributed by atoms with Gasteiger partial charge >= 0.3 is 5.97 Å². The fourth-order valence-corrected chi connectivity index (χ4v) is 2.63. The van der Waals surface area contributed by atoms with E-state index in [0.717, 1.165) is 0 Å². The molecule has 0 spiro atoms. The van der Waals surface area contributed by atoms with Crippen LogP contribution < -0.4 is 0 Å². The molecule has 2 rings (SSSR count). The fourth-order valence-electron chi connectivity index (χ4n) is 2.63. The first kappa shape index (κ1) is 9.65. The quantitative estimate of drug-likeness (QED) is 0.709. The van der Waals surface area contributed by atoms with Crippen LogP contribution in [0.4, 0.5) is 0 Å². The molecule has 1 aliphatic carbocycles. The molecule has 0 radical (unpaired) electrons. The summed E-state index contributed by atoms with van der Waals surface area (Å²) < 4.78 is 5.35. The van der Waals surface area contributed by atoms with Crippen molar-refractivity contribution < 1.29 is 19.4 Å². The third-order valence-corrected chi connectivity index (χ3v) is 3.26. The molecule has 4 heteroatoms. The molecular formula is C10H14O4. The molecule has 0 amide bonds. The summed E-state index contributed by atoms with van der Waals surface area (Å²) in [4.78, 5) is 22.0. The largest absolute Gasteiger partial charge is 0.481 e. The van der Waals surface area contributed by atoms with E-state index in [4.69, 9.17) is 9.84 Å². The Bertz CT molecular complexity index is 245. The molecule has 1 saturated heterocycles. The molecule has 2 fully saturated rings. The number of hydrogen-bond donors (Lipinski definition) is 1. The molecule has 0 aromatic carbocycles. The number of ether oxygens (including phenoxy) is 1. The van der Waals surface area contributed by atoms with Crippen LogP contribution in [0.5, 0.6) is 0 Å². The number of rotatable bonds is 2. The highest BCUT2D eigenvalue weighted by molar-refractivity contribution is 5.80. The summed E-state index contributed by atoms with van der Waals surface area (Å²) in [5.41, 5.74) is 0. The van der Waals surface area contributed by atoms with Crippen LogP contribution in [0, 0.1) is 17.8 Å². The molecule has 2 aliphatic rings. The second-order valence-electron chi connectivity index (χ2n) is 4.27. The van der Waals surface area contributed by atoms with Crippen molar-refractivity contribution >= 4 is 11.8 Å². The van der Waals surface area contributed by atoms with Crippen molar-refractivity contribution in [3.05, 3.63) is 0 Å². The van der Waals surface area contributed by atoms with E-state index < -0.39 is 5.97 Å². The van der Waals surface area contributed by atoms with Gasteiger partial charge in [-0.15, -0.1) is 0 Å². The Balaban J connectivity index is 2.08. The monoisotopic (exact) mass is 198 g/mol. The highest BCUT2D eigenvalue weighted by atomic mass is 16.5. The van der Waals surface area contributed by atoms with Gasteiger partial charge in [0.15, 0.2) is 0 Å². The van der Waals surface area contributed by atoms with Gasteiger partial charge < -0.3 is 9.84 Å². The SMILES string of the molecule is O=C(O)CC1C2COCC1CC(=O)C2. The first-order valence-corrected chi connectivity index (χ1v) is 4.98. The maximum Gasteiger partial charge on any atom is 0.303 e. The number of carbonyl (C=O) groups excluding carboxylic acids is 1. The number of fused-ring (bicyclic) bond motifs is 2. The third-order valence-electron chi connectivity index (χ3n) is 3.26. The average Bonchev–Trinajstić information content (AvgIpc) is 2.05. The molecular weight excluding hydrogens is 184 g/mol. The van der Waals surface area contributed by atoms with Crippen molar-refractivity contribution in [1.29, 1.82) is 0 Å². The van der Waals surface area contributed by atoms with E-state index in [1.807, 2.05) is 0 Å². The van der Waals surface area contributed by atoms with E-state index in [0.29, 0.717) is 26.1 Å². The lowest BCUT2D eigenvalue weighted by Crippen LogP contribution is -2.43. The van der Waals surface area contributed by atoms with Gasteiger partial charge in [0.05, 0.1) is 13.2 Å². The van der Waals surface area contributed by atoms with Gasteiger partial charge in [0.2, 0.25) is 0 Å². The molecule has 2 bridgehead atoms. The molecule has 14 heavy (non-hydrogen) atoms. The summed E-state index contributed by atoms with van der Waals surface area (Å²) in [6, 6.07) is 0. The van der Waals surface area contributed by atoms with Gasteiger partial charge in [-0.3, -0.25) is 9.59 Å². The topological polar surface area (TPSA) is 63.6 Å². The van der Waals surface area contributed by atoms with E-state index in [1.54, 1.807) is 0 Å². The number of carbonyl (C=O) groups is 2. The Labute approximate surface area is 82.2 Å². The average molecular weight is 198 g/mol. The van der Waals surface area contributed by atoms with Crippen LogP contribution in [-0.4, -0.2) is 30.1 Å². The zero-order valence-electron chi connectivity index (χ0n) is 7.94. The Morgan fingerprint density at radius 2 is 1.93 bits per heavy atom. The van der Waals surface area contributed by atoms with E-state index in [1.165, 1.54) is 0 Å². The van der Waals surface area contributed by atoms with Crippen molar-refractivity contribution in [2.45, 2.75) is 19.3 Å². The molecule has 78 valence electrons. The molecule has 0 aromatic rings. The lowest BCUT2D eigenvalue weighted by atomic mass is 9.69. The normalized spacial score (nSPS) is 36.9. The van der Waals surface area contributed by atoms with Crippen LogP contribution in [0.15, 0.2) is 0 Å². The van der Waals surface area contributed by atoms with Crippen molar-refractivity contribution in [3.63, 3.8) is 0 Å². The van der Waals surface area contributed by atoms with Gasteiger partial charge in [0, 0.05) is 19.3 Å². The van der Waals surface area contributed by atoms with Gasteiger partial charge in [-0.05, 0) is 17.8 Å². The van der Waals surface area contributed by atoms with Crippen LogP contribution >= 0.6 is 0 Å². The summed E-state index contributed by atoms with van der Waals surface area (Å²) in [6.45, 7) is 1.11. The van der Waals surface area contributed by atoms with Crippen LogP contribution in [-0.2, 0) is 14.3 Å². The standard InChI is InChI=1S/C10H14O4/c11-8-1-6-4-14-5-7(2-8)9(6)3-10(12)13/h6-7,9H,1-5H2,(H,12,13). The highest BCUT2D eigenvalue weighted by Gasteiger charge is 2.41. The van der Waals surface area contributed by atoms with Crippen LogP contribution in [0.25, 0.3) is 0 Å². The second kappa shape index (κ2) is 3.69. The Hall–Kier alpha value is -0.900. The van der Waals surface area contributed by atoms with Crippen molar-refractivity contribution in [2.75, 3.05) is 13.2 Å². The molecule has 0 aromatic heterocycles. The number of Topliss-reactive ketones (excluding diaryl/α,β-unsaturated/α-hetero) is 1. The summed E-state index contributed by atoms with van der Waals surface area (Å²) >= 11 is 0. The second-order valence-corrected chi connectivity index (χ2v) is 4.27. The molecule has 1 N–H and O–H groups in total.